The molecule has 5 heteroatoms. The molecule has 0 saturated carbocycles. The van der Waals surface area contributed by atoms with E-state index in [1.165, 1.54) is 0 Å². The largest absolute Gasteiger partial charge is 0.494 e. The predicted octanol–water partition coefficient (Wildman–Crippen LogP) is 3.15. The molecule has 0 saturated heterocycles. The topological polar surface area (TPSA) is 47.9 Å². The van der Waals surface area contributed by atoms with E-state index >= 15 is 0 Å². The van der Waals surface area contributed by atoms with Crippen molar-refractivity contribution in [1.82, 2.24) is 15.0 Å². The molecule has 0 aliphatic carbocycles. The molecule has 0 amide bonds. The van der Waals surface area contributed by atoms with Crippen LogP contribution in [-0.4, -0.2) is 22.1 Å². The molecule has 0 spiro atoms. The van der Waals surface area contributed by atoms with Crippen LogP contribution in [0.4, 0.5) is 0 Å². The first-order valence-electron chi connectivity index (χ1n) is 5.77. The fourth-order valence-corrected chi connectivity index (χ4v) is 1.87. The summed E-state index contributed by atoms with van der Waals surface area (Å²) in [4.78, 5) is 12.9. The van der Waals surface area contributed by atoms with Crippen LogP contribution in [0.1, 0.15) is 19.2 Å². The summed E-state index contributed by atoms with van der Waals surface area (Å²) >= 11 is 6.01. The minimum Gasteiger partial charge on any atom is -0.494 e. The number of nitrogens with zero attached hydrogens (tertiary/aromatic N) is 3. The highest BCUT2D eigenvalue weighted by atomic mass is 35.5. The number of aromatic nitrogens is 3. The second-order valence-corrected chi connectivity index (χ2v) is 4.18. The standard InChI is InChI=1S/C13H14ClN3O/c1-3-5-12-16-9(8-11(14)17-12)13-10(18-2)6-4-7-15-13/h4,6-8H,3,5H2,1-2H3. The maximum Gasteiger partial charge on any atom is 0.146 e. The van der Waals surface area contributed by atoms with Gasteiger partial charge in [0, 0.05) is 18.7 Å². The monoisotopic (exact) mass is 263 g/mol. The van der Waals surface area contributed by atoms with Gasteiger partial charge in [-0.15, -0.1) is 0 Å². The van der Waals surface area contributed by atoms with E-state index in [0.717, 1.165) is 18.7 Å². The Morgan fingerprint density at radius 1 is 1.33 bits per heavy atom. The molecule has 0 aromatic carbocycles. The third-order valence-electron chi connectivity index (χ3n) is 2.45. The average molecular weight is 264 g/mol. The normalized spacial score (nSPS) is 10.4. The number of hydrogen-bond donors (Lipinski definition) is 0. The lowest BCUT2D eigenvalue weighted by Gasteiger charge is -2.08. The van der Waals surface area contributed by atoms with Crippen molar-refractivity contribution in [2.24, 2.45) is 0 Å². The van der Waals surface area contributed by atoms with Crippen molar-refractivity contribution in [3.05, 3.63) is 35.4 Å². The summed E-state index contributed by atoms with van der Waals surface area (Å²) in [6.45, 7) is 2.07. The molecule has 94 valence electrons. The molecule has 2 rings (SSSR count). The van der Waals surface area contributed by atoms with Crippen molar-refractivity contribution in [2.75, 3.05) is 7.11 Å². The van der Waals surface area contributed by atoms with Crippen molar-refractivity contribution in [3.63, 3.8) is 0 Å². The summed E-state index contributed by atoms with van der Waals surface area (Å²) in [5.41, 5.74) is 1.37. The molecular weight excluding hydrogens is 250 g/mol. The first-order chi connectivity index (χ1) is 8.74. The first kappa shape index (κ1) is 12.8. The van der Waals surface area contributed by atoms with Crippen molar-refractivity contribution in [3.8, 4) is 17.1 Å². The quantitative estimate of drug-likeness (QED) is 0.795. The summed E-state index contributed by atoms with van der Waals surface area (Å²) in [5, 5.41) is 0.427. The minimum absolute atomic E-state index is 0.427. The van der Waals surface area contributed by atoms with Crippen LogP contribution in [0, 0.1) is 0 Å². The van der Waals surface area contributed by atoms with Gasteiger partial charge in [0.1, 0.15) is 22.4 Å². The Hall–Kier alpha value is -1.68. The maximum absolute atomic E-state index is 6.01. The van der Waals surface area contributed by atoms with E-state index < -0.39 is 0 Å². The predicted molar refractivity (Wildman–Crippen MR) is 70.8 cm³/mol. The van der Waals surface area contributed by atoms with E-state index in [9.17, 15) is 0 Å². The Bertz CT molecular complexity index is 546. The third-order valence-corrected chi connectivity index (χ3v) is 2.64. The van der Waals surface area contributed by atoms with Crippen LogP contribution in [0.15, 0.2) is 24.4 Å². The van der Waals surface area contributed by atoms with Gasteiger partial charge in [0.15, 0.2) is 0 Å². The SMILES string of the molecule is CCCc1nc(Cl)cc(-c2ncccc2OC)n1. The molecule has 2 heterocycles. The van der Waals surface area contributed by atoms with Crippen LogP contribution in [0.3, 0.4) is 0 Å². The molecule has 0 aliphatic rings. The Labute approximate surface area is 111 Å². The van der Waals surface area contributed by atoms with Gasteiger partial charge in [0.25, 0.3) is 0 Å². The molecule has 0 aliphatic heterocycles. The molecule has 4 nitrogen and oxygen atoms in total. The molecular formula is C13H14ClN3O. The van der Waals surface area contributed by atoms with Gasteiger partial charge in [-0.3, -0.25) is 4.98 Å². The van der Waals surface area contributed by atoms with E-state index in [2.05, 4.69) is 21.9 Å². The number of aryl methyl sites for hydroxylation is 1. The van der Waals surface area contributed by atoms with Gasteiger partial charge in [-0.25, -0.2) is 9.97 Å². The first-order valence-corrected chi connectivity index (χ1v) is 6.15. The summed E-state index contributed by atoms with van der Waals surface area (Å²) in [7, 11) is 1.61. The van der Waals surface area contributed by atoms with E-state index in [1.807, 2.05) is 12.1 Å². The van der Waals surface area contributed by atoms with Gasteiger partial charge in [0.05, 0.1) is 12.8 Å². The van der Waals surface area contributed by atoms with Gasteiger partial charge in [-0.05, 0) is 18.6 Å². The van der Waals surface area contributed by atoms with Gasteiger partial charge >= 0.3 is 0 Å². The van der Waals surface area contributed by atoms with Crippen LogP contribution in [0.2, 0.25) is 5.15 Å². The van der Waals surface area contributed by atoms with Crippen molar-refractivity contribution in [2.45, 2.75) is 19.8 Å². The maximum atomic E-state index is 6.01. The van der Waals surface area contributed by atoms with Crippen molar-refractivity contribution in [1.29, 1.82) is 0 Å². The minimum atomic E-state index is 0.427. The Balaban J connectivity index is 2.49. The van der Waals surface area contributed by atoms with Crippen LogP contribution < -0.4 is 4.74 Å². The molecule has 0 atom stereocenters. The molecule has 18 heavy (non-hydrogen) atoms. The molecule has 0 N–H and O–H groups in total. The Morgan fingerprint density at radius 2 is 2.17 bits per heavy atom. The van der Waals surface area contributed by atoms with E-state index in [1.54, 1.807) is 19.4 Å². The second-order valence-electron chi connectivity index (χ2n) is 3.80. The molecule has 0 fully saturated rings. The zero-order chi connectivity index (χ0) is 13.0. The highest BCUT2D eigenvalue weighted by molar-refractivity contribution is 6.29. The van der Waals surface area contributed by atoms with Crippen LogP contribution in [-0.2, 0) is 6.42 Å². The molecule has 0 unspecified atom stereocenters. The van der Waals surface area contributed by atoms with E-state index in [0.29, 0.717) is 22.3 Å². The average Bonchev–Trinajstić information content (AvgIpc) is 2.38. The van der Waals surface area contributed by atoms with Gasteiger partial charge in [-0.2, -0.15) is 0 Å². The lowest BCUT2D eigenvalue weighted by molar-refractivity contribution is 0.414. The number of pyridine rings is 1. The second kappa shape index (κ2) is 5.78. The molecule has 2 aromatic rings. The molecule has 2 aromatic heterocycles. The number of hydrogen-bond acceptors (Lipinski definition) is 4. The summed E-state index contributed by atoms with van der Waals surface area (Å²) in [5.74, 6) is 1.41. The number of ether oxygens (including phenoxy) is 1. The van der Waals surface area contributed by atoms with E-state index in [-0.39, 0.29) is 0 Å². The lowest BCUT2D eigenvalue weighted by Crippen LogP contribution is -1.99. The lowest BCUT2D eigenvalue weighted by atomic mass is 10.2. The number of halogens is 1. The zero-order valence-corrected chi connectivity index (χ0v) is 11.1. The smallest absolute Gasteiger partial charge is 0.146 e. The Kier molecular flexibility index (Phi) is 4.10. The summed E-state index contributed by atoms with van der Waals surface area (Å²) < 4.78 is 5.27. The number of rotatable bonds is 4. The summed E-state index contributed by atoms with van der Waals surface area (Å²) in [6, 6.07) is 5.36. The third kappa shape index (κ3) is 2.76. The number of methoxy groups -OCH3 is 1. The molecule has 0 bridgehead atoms. The van der Waals surface area contributed by atoms with Gasteiger partial charge in [-0.1, -0.05) is 18.5 Å². The van der Waals surface area contributed by atoms with Gasteiger partial charge in [0.2, 0.25) is 0 Å². The zero-order valence-electron chi connectivity index (χ0n) is 10.4. The fraction of sp³-hybridized carbons (Fsp3) is 0.308. The van der Waals surface area contributed by atoms with Crippen LogP contribution in [0.25, 0.3) is 11.4 Å². The highest BCUT2D eigenvalue weighted by Crippen LogP contribution is 2.27. The fourth-order valence-electron chi connectivity index (χ4n) is 1.67. The molecule has 0 radical (unpaired) electrons. The van der Waals surface area contributed by atoms with Crippen LogP contribution in [0.5, 0.6) is 5.75 Å². The van der Waals surface area contributed by atoms with Crippen molar-refractivity contribution >= 4 is 11.6 Å². The highest BCUT2D eigenvalue weighted by Gasteiger charge is 2.11. The van der Waals surface area contributed by atoms with E-state index in [4.69, 9.17) is 16.3 Å². The summed E-state index contributed by atoms with van der Waals surface area (Å²) in [6.07, 6.45) is 3.47. The Morgan fingerprint density at radius 3 is 2.89 bits per heavy atom. The van der Waals surface area contributed by atoms with Crippen LogP contribution >= 0.6 is 11.6 Å². The van der Waals surface area contributed by atoms with Gasteiger partial charge < -0.3 is 4.74 Å². The van der Waals surface area contributed by atoms with Crippen molar-refractivity contribution < 1.29 is 4.74 Å².